The highest BCUT2D eigenvalue weighted by Crippen LogP contribution is 2.56. The molecule has 0 aromatic heterocycles. The molecule has 23 heavy (non-hydrogen) atoms. The molecule has 126 valence electrons. The van der Waals surface area contributed by atoms with Crippen molar-refractivity contribution >= 4 is 28.8 Å². The van der Waals surface area contributed by atoms with Crippen molar-refractivity contribution < 1.29 is 4.79 Å². The fourth-order valence-electron chi connectivity index (χ4n) is 3.43. The standard InChI is InChI=1S/C19H28N2OS/c1-14-11-12-19(4,18(14,2)3)16(22)13-21(5)17(23)20-15-9-7-6-8-10-15/h6-10,14H,11-13H2,1-5H3,(H,20,23)/t14-,19+/m1/s1. The Hall–Kier alpha value is -1.42. The molecule has 1 N–H and O–H groups in total. The van der Waals surface area contributed by atoms with Crippen LogP contribution >= 0.6 is 12.2 Å². The summed E-state index contributed by atoms with van der Waals surface area (Å²) in [6, 6.07) is 9.81. The molecule has 2 rings (SSSR count). The van der Waals surface area contributed by atoms with Gasteiger partial charge in [0.05, 0.1) is 6.54 Å². The van der Waals surface area contributed by atoms with Crippen LogP contribution < -0.4 is 5.32 Å². The first kappa shape index (κ1) is 17.9. The molecule has 0 heterocycles. The number of carbonyl (C=O) groups excluding carboxylic acids is 1. The number of benzene rings is 1. The maximum atomic E-state index is 13.0. The van der Waals surface area contributed by atoms with Crippen LogP contribution in [0.1, 0.15) is 40.5 Å². The van der Waals surface area contributed by atoms with Crippen LogP contribution in [0.3, 0.4) is 0 Å². The third-order valence-corrected chi connectivity index (χ3v) is 6.51. The highest BCUT2D eigenvalue weighted by molar-refractivity contribution is 7.80. The minimum Gasteiger partial charge on any atom is -0.345 e. The fraction of sp³-hybridized carbons (Fsp3) is 0.579. The number of nitrogens with zero attached hydrogens (tertiary/aromatic N) is 1. The number of Topliss-reactive ketones (excluding diaryl/α,β-unsaturated/α-hetero) is 1. The van der Waals surface area contributed by atoms with E-state index in [0.29, 0.717) is 17.6 Å². The van der Waals surface area contributed by atoms with Crippen LogP contribution in [0, 0.1) is 16.7 Å². The average Bonchev–Trinajstić information content (AvgIpc) is 2.72. The Morgan fingerprint density at radius 2 is 1.91 bits per heavy atom. The van der Waals surface area contributed by atoms with Crippen molar-refractivity contribution in [1.29, 1.82) is 0 Å². The summed E-state index contributed by atoms with van der Waals surface area (Å²) >= 11 is 5.43. The van der Waals surface area contributed by atoms with Crippen LogP contribution in [0.2, 0.25) is 0 Å². The summed E-state index contributed by atoms with van der Waals surface area (Å²) in [5, 5.41) is 3.77. The predicted molar refractivity (Wildman–Crippen MR) is 101 cm³/mol. The van der Waals surface area contributed by atoms with Gasteiger partial charge in [0.2, 0.25) is 0 Å². The number of anilines is 1. The van der Waals surface area contributed by atoms with Gasteiger partial charge in [-0.25, -0.2) is 0 Å². The smallest absolute Gasteiger partial charge is 0.173 e. The summed E-state index contributed by atoms with van der Waals surface area (Å²) in [6.45, 7) is 9.18. The number of para-hydroxylation sites is 1. The first-order valence-corrected chi connectivity index (χ1v) is 8.70. The van der Waals surface area contributed by atoms with Crippen LogP contribution in [0.4, 0.5) is 5.69 Å². The average molecular weight is 333 g/mol. The van der Waals surface area contributed by atoms with Crippen molar-refractivity contribution in [3.63, 3.8) is 0 Å². The molecule has 0 amide bonds. The van der Waals surface area contributed by atoms with E-state index in [1.807, 2.05) is 42.3 Å². The normalized spacial score (nSPS) is 25.9. The van der Waals surface area contributed by atoms with Gasteiger partial charge < -0.3 is 10.2 Å². The van der Waals surface area contributed by atoms with Gasteiger partial charge in [0.1, 0.15) is 0 Å². The molecule has 1 aliphatic rings. The first-order chi connectivity index (χ1) is 10.7. The minimum atomic E-state index is -0.275. The third kappa shape index (κ3) is 3.42. The van der Waals surface area contributed by atoms with Crippen molar-refractivity contribution in [2.45, 2.75) is 40.5 Å². The Morgan fingerprint density at radius 1 is 1.30 bits per heavy atom. The van der Waals surface area contributed by atoms with Crippen molar-refractivity contribution in [3.05, 3.63) is 30.3 Å². The van der Waals surface area contributed by atoms with E-state index < -0.39 is 0 Å². The summed E-state index contributed by atoms with van der Waals surface area (Å²) in [5.74, 6) is 0.850. The van der Waals surface area contributed by atoms with E-state index in [4.69, 9.17) is 12.2 Å². The molecule has 3 nitrogen and oxygen atoms in total. The highest BCUT2D eigenvalue weighted by Gasteiger charge is 2.53. The van der Waals surface area contributed by atoms with E-state index in [1.165, 1.54) is 0 Å². The molecule has 1 aromatic carbocycles. The predicted octanol–water partition coefficient (Wildman–Crippen LogP) is 4.35. The molecule has 0 radical (unpaired) electrons. The molecule has 1 fully saturated rings. The van der Waals surface area contributed by atoms with Gasteiger partial charge in [-0.3, -0.25) is 4.79 Å². The molecule has 0 saturated heterocycles. The minimum absolute atomic E-state index is 0.0272. The lowest BCUT2D eigenvalue weighted by molar-refractivity contribution is -0.133. The summed E-state index contributed by atoms with van der Waals surface area (Å²) in [4.78, 5) is 14.8. The molecule has 1 aliphatic carbocycles. The Balaban J connectivity index is 2.01. The van der Waals surface area contributed by atoms with Crippen molar-refractivity contribution in [3.8, 4) is 0 Å². The van der Waals surface area contributed by atoms with Crippen LogP contribution in [0.15, 0.2) is 30.3 Å². The third-order valence-electron chi connectivity index (χ3n) is 6.10. The molecule has 0 bridgehead atoms. The zero-order valence-electron chi connectivity index (χ0n) is 14.8. The van der Waals surface area contributed by atoms with E-state index in [9.17, 15) is 4.79 Å². The lowest BCUT2D eigenvalue weighted by atomic mass is 9.64. The molecule has 0 spiro atoms. The van der Waals surface area contributed by atoms with E-state index in [2.05, 4.69) is 33.0 Å². The van der Waals surface area contributed by atoms with Gasteiger partial charge in [0.15, 0.2) is 10.9 Å². The Morgan fingerprint density at radius 3 is 2.43 bits per heavy atom. The number of nitrogens with one attached hydrogen (secondary N) is 1. The topological polar surface area (TPSA) is 32.3 Å². The number of likely N-dealkylation sites (N-methyl/N-ethyl adjacent to an activating group) is 1. The molecule has 4 heteroatoms. The summed E-state index contributed by atoms with van der Waals surface area (Å²) < 4.78 is 0. The van der Waals surface area contributed by atoms with Crippen LogP contribution in [0.5, 0.6) is 0 Å². The van der Waals surface area contributed by atoms with Gasteiger partial charge in [-0.2, -0.15) is 0 Å². The summed E-state index contributed by atoms with van der Waals surface area (Å²) in [6.07, 6.45) is 2.08. The number of ketones is 1. The molecular weight excluding hydrogens is 304 g/mol. The highest BCUT2D eigenvalue weighted by atomic mass is 32.1. The van der Waals surface area contributed by atoms with Gasteiger partial charge in [-0.15, -0.1) is 0 Å². The van der Waals surface area contributed by atoms with Crippen molar-refractivity contribution in [2.24, 2.45) is 16.7 Å². The van der Waals surface area contributed by atoms with Crippen LogP contribution in [-0.4, -0.2) is 29.4 Å². The molecule has 1 aromatic rings. The lowest BCUT2D eigenvalue weighted by Crippen LogP contribution is -2.46. The molecule has 2 atom stereocenters. The van der Waals surface area contributed by atoms with Crippen LogP contribution in [0.25, 0.3) is 0 Å². The number of hydrogen-bond acceptors (Lipinski definition) is 2. The number of rotatable bonds is 4. The van der Waals surface area contributed by atoms with Crippen molar-refractivity contribution in [2.75, 3.05) is 18.9 Å². The Kier molecular flexibility index (Phi) is 5.14. The second-order valence-corrected chi connectivity index (χ2v) is 7.96. The Labute approximate surface area is 145 Å². The van der Waals surface area contributed by atoms with Gasteiger partial charge in [0, 0.05) is 18.2 Å². The monoisotopic (exact) mass is 332 g/mol. The molecule has 0 unspecified atom stereocenters. The first-order valence-electron chi connectivity index (χ1n) is 8.29. The maximum Gasteiger partial charge on any atom is 0.173 e. The molecule has 1 saturated carbocycles. The summed E-state index contributed by atoms with van der Waals surface area (Å²) in [5.41, 5.74) is 0.695. The van der Waals surface area contributed by atoms with E-state index in [1.54, 1.807) is 0 Å². The largest absolute Gasteiger partial charge is 0.345 e. The second kappa shape index (κ2) is 6.60. The van der Waals surface area contributed by atoms with E-state index >= 15 is 0 Å². The van der Waals surface area contributed by atoms with Gasteiger partial charge in [-0.1, -0.05) is 45.9 Å². The maximum absolute atomic E-state index is 13.0. The van der Waals surface area contributed by atoms with E-state index in [0.717, 1.165) is 18.5 Å². The van der Waals surface area contributed by atoms with Gasteiger partial charge in [-0.05, 0) is 48.5 Å². The number of thiocarbonyl (C=S) groups is 1. The molecule has 0 aliphatic heterocycles. The SMILES string of the molecule is C[C@@H]1CC[C@@](C)(C(=O)CN(C)C(=S)Nc2ccccc2)C1(C)C. The van der Waals surface area contributed by atoms with Gasteiger partial charge >= 0.3 is 0 Å². The fourth-order valence-corrected chi connectivity index (χ4v) is 3.62. The van der Waals surface area contributed by atoms with Crippen LogP contribution in [-0.2, 0) is 4.79 Å². The zero-order valence-corrected chi connectivity index (χ0v) is 15.7. The molecular formula is C19H28N2OS. The van der Waals surface area contributed by atoms with Gasteiger partial charge in [0.25, 0.3) is 0 Å². The quantitative estimate of drug-likeness (QED) is 0.831. The second-order valence-electron chi connectivity index (χ2n) is 7.57. The number of carbonyl (C=O) groups is 1. The lowest BCUT2D eigenvalue weighted by Gasteiger charge is -2.40. The summed E-state index contributed by atoms with van der Waals surface area (Å²) in [7, 11) is 1.88. The number of hydrogen-bond donors (Lipinski definition) is 1. The van der Waals surface area contributed by atoms with Crippen molar-refractivity contribution in [1.82, 2.24) is 4.90 Å². The Bertz CT molecular complexity index is 584. The van der Waals surface area contributed by atoms with E-state index in [-0.39, 0.29) is 16.6 Å². The zero-order chi connectivity index (χ0) is 17.3.